The second kappa shape index (κ2) is 7.26. The third-order valence-electron chi connectivity index (χ3n) is 3.67. The molecule has 1 N–H and O–H groups in total. The van der Waals surface area contributed by atoms with E-state index < -0.39 is 4.92 Å². The number of fused-ring (bicyclic) bond motifs is 1. The van der Waals surface area contributed by atoms with Crippen molar-refractivity contribution in [3.8, 4) is 0 Å². The van der Waals surface area contributed by atoms with Crippen LogP contribution >= 0.6 is 23.1 Å². The molecule has 0 aliphatic rings. The van der Waals surface area contributed by atoms with Gasteiger partial charge in [0.25, 0.3) is 11.2 Å². The Balaban J connectivity index is 1.72. The number of carbonyl (C=O) groups is 1. The lowest BCUT2D eigenvalue weighted by atomic mass is 10.2. The highest BCUT2D eigenvalue weighted by molar-refractivity contribution is 7.99. The first-order valence-electron chi connectivity index (χ1n) is 7.48. The average molecular weight is 390 g/mol. The van der Waals surface area contributed by atoms with Crippen molar-refractivity contribution >= 4 is 50.6 Å². The maximum absolute atomic E-state index is 12.2. The Morgan fingerprint density at radius 1 is 1.42 bits per heavy atom. The number of benzene rings is 1. The highest BCUT2D eigenvalue weighted by Gasteiger charge is 2.14. The molecule has 26 heavy (non-hydrogen) atoms. The summed E-state index contributed by atoms with van der Waals surface area (Å²) in [5, 5.41) is 15.8. The van der Waals surface area contributed by atoms with Crippen LogP contribution in [0.25, 0.3) is 10.2 Å². The summed E-state index contributed by atoms with van der Waals surface area (Å²) in [6.07, 6.45) is 0. The number of nitrogens with one attached hydrogen (secondary N) is 1. The van der Waals surface area contributed by atoms with Crippen molar-refractivity contribution in [1.29, 1.82) is 0 Å². The second-order valence-corrected chi connectivity index (χ2v) is 7.35. The molecule has 3 aromatic rings. The van der Waals surface area contributed by atoms with Crippen molar-refractivity contribution in [3.63, 3.8) is 0 Å². The first kappa shape index (κ1) is 18.1. The van der Waals surface area contributed by atoms with Gasteiger partial charge in [-0.15, -0.1) is 11.3 Å². The number of carbonyl (C=O) groups excluding carboxylic acids is 1. The zero-order valence-corrected chi connectivity index (χ0v) is 15.5. The number of aryl methyl sites for hydroxylation is 1. The SMILES string of the molecule is Cc1ccc(NC(=O)CSc2nc3ccsc3c(=O)n2C)cc1[N+](=O)[O-]. The van der Waals surface area contributed by atoms with Crippen LogP contribution in [0.15, 0.2) is 39.6 Å². The number of amides is 1. The number of thiophene rings is 1. The van der Waals surface area contributed by atoms with Crippen LogP contribution in [0, 0.1) is 17.0 Å². The highest BCUT2D eigenvalue weighted by Crippen LogP contribution is 2.23. The molecular weight excluding hydrogens is 376 g/mol. The Morgan fingerprint density at radius 2 is 2.19 bits per heavy atom. The average Bonchev–Trinajstić information content (AvgIpc) is 3.07. The number of anilines is 1. The molecule has 1 aromatic carbocycles. The number of hydrogen-bond acceptors (Lipinski definition) is 7. The molecule has 0 spiro atoms. The summed E-state index contributed by atoms with van der Waals surface area (Å²) < 4.78 is 1.99. The number of nitro benzene ring substituents is 1. The fourth-order valence-corrected chi connectivity index (χ4v) is 3.88. The summed E-state index contributed by atoms with van der Waals surface area (Å²) in [5.74, 6) is -0.315. The molecule has 8 nitrogen and oxygen atoms in total. The molecule has 0 bridgehead atoms. The molecule has 2 heterocycles. The van der Waals surface area contributed by atoms with Crippen LogP contribution in [-0.4, -0.2) is 26.1 Å². The number of aromatic nitrogens is 2. The number of nitro groups is 1. The van der Waals surface area contributed by atoms with Crippen molar-refractivity contribution in [2.45, 2.75) is 12.1 Å². The van der Waals surface area contributed by atoms with Gasteiger partial charge < -0.3 is 5.32 Å². The van der Waals surface area contributed by atoms with Gasteiger partial charge in [0.05, 0.1) is 16.2 Å². The smallest absolute Gasteiger partial charge is 0.274 e. The third-order valence-corrected chi connectivity index (χ3v) is 5.59. The van der Waals surface area contributed by atoms with Gasteiger partial charge in [-0.05, 0) is 24.4 Å². The van der Waals surface area contributed by atoms with E-state index in [2.05, 4.69) is 10.3 Å². The summed E-state index contributed by atoms with van der Waals surface area (Å²) in [6.45, 7) is 1.63. The quantitative estimate of drug-likeness (QED) is 0.311. The predicted molar refractivity (Wildman–Crippen MR) is 102 cm³/mol. The third kappa shape index (κ3) is 3.60. The number of hydrogen-bond donors (Lipinski definition) is 1. The van der Waals surface area contributed by atoms with Gasteiger partial charge in [0, 0.05) is 24.4 Å². The Kier molecular flexibility index (Phi) is 5.05. The van der Waals surface area contributed by atoms with E-state index in [1.807, 2.05) is 0 Å². The van der Waals surface area contributed by atoms with Crippen molar-refractivity contribution < 1.29 is 9.72 Å². The van der Waals surface area contributed by atoms with E-state index in [9.17, 15) is 19.7 Å². The van der Waals surface area contributed by atoms with Crippen LogP contribution in [0.3, 0.4) is 0 Å². The lowest BCUT2D eigenvalue weighted by Crippen LogP contribution is -2.20. The Hall–Kier alpha value is -2.72. The summed E-state index contributed by atoms with van der Waals surface area (Å²) >= 11 is 2.46. The maximum atomic E-state index is 12.2. The molecule has 0 saturated carbocycles. The van der Waals surface area contributed by atoms with Gasteiger partial charge in [0.1, 0.15) is 4.70 Å². The van der Waals surface area contributed by atoms with E-state index in [1.54, 1.807) is 37.6 Å². The first-order valence-corrected chi connectivity index (χ1v) is 9.35. The Morgan fingerprint density at radius 3 is 2.92 bits per heavy atom. The predicted octanol–water partition coefficient (Wildman–Crippen LogP) is 2.94. The molecule has 1 amide bonds. The van der Waals surface area contributed by atoms with Crippen LogP contribution in [0.4, 0.5) is 11.4 Å². The van der Waals surface area contributed by atoms with Gasteiger partial charge >= 0.3 is 0 Å². The standard InChI is InChI=1S/C16H14N4O4S2/c1-9-3-4-10(7-12(9)20(23)24)17-13(21)8-26-16-18-11-5-6-25-14(11)15(22)19(16)2/h3-7H,8H2,1-2H3,(H,17,21). The minimum absolute atomic E-state index is 0.0254. The largest absolute Gasteiger partial charge is 0.325 e. The molecule has 134 valence electrons. The summed E-state index contributed by atoms with van der Waals surface area (Å²) in [7, 11) is 1.61. The summed E-state index contributed by atoms with van der Waals surface area (Å²) in [5.41, 5.74) is 1.27. The van der Waals surface area contributed by atoms with Gasteiger partial charge in [0.2, 0.25) is 5.91 Å². The van der Waals surface area contributed by atoms with Crippen LogP contribution in [0.2, 0.25) is 0 Å². The summed E-state index contributed by atoms with van der Waals surface area (Å²) in [4.78, 5) is 39.3. The lowest BCUT2D eigenvalue weighted by molar-refractivity contribution is -0.385. The minimum atomic E-state index is -0.491. The molecule has 0 fully saturated rings. The van der Waals surface area contributed by atoms with E-state index >= 15 is 0 Å². The van der Waals surface area contributed by atoms with Crippen LogP contribution in [0.1, 0.15) is 5.56 Å². The molecule has 0 unspecified atom stereocenters. The molecule has 3 rings (SSSR count). The monoisotopic (exact) mass is 390 g/mol. The maximum Gasteiger partial charge on any atom is 0.274 e. The van der Waals surface area contributed by atoms with Crippen LogP contribution in [0.5, 0.6) is 0 Å². The summed E-state index contributed by atoms with van der Waals surface area (Å²) in [6, 6.07) is 6.27. The molecule has 0 aliphatic carbocycles. The molecule has 0 radical (unpaired) electrons. The van der Waals surface area contributed by atoms with Crippen molar-refractivity contribution in [3.05, 3.63) is 55.7 Å². The fraction of sp³-hybridized carbons (Fsp3) is 0.188. The van der Waals surface area contributed by atoms with E-state index in [-0.39, 0.29) is 22.9 Å². The highest BCUT2D eigenvalue weighted by atomic mass is 32.2. The van der Waals surface area contributed by atoms with Crippen molar-refractivity contribution in [2.75, 3.05) is 11.1 Å². The van der Waals surface area contributed by atoms with Crippen molar-refractivity contribution in [2.24, 2.45) is 7.05 Å². The molecular formula is C16H14N4O4S2. The molecule has 0 saturated heterocycles. The normalized spacial score (nSPS) is 10.8. The number of thioether (sulfide) groups is 1. The lowest BCUT2D eigenvalue weighted by Gasteiger charge is -2.08. The molecule has 2 aromatic heterocycles. The van der Waals surface area contributed by atoms with E-state index in [0.717, 1.165) is 11.8 Å². The molecule has 10 heteroatoms. The van der Waals surface area contributed by atoms with E-state index in [1.165, 1.54) is 22.0 Å². The van der Waals surface area contributed by atoms with Gasteiger partial charge in [-0.1, -0.05) is 17.8 Å². The van der Waals surface area contributed by atoms with Crippen molar-refractivity contribution in [1.82, 2.24) is 9.55 Å². The zero-order chi connectivity index (χ0) is 18.8. The minimum Gasteiger partial charge on any atom is -0.325 e. The van der Waals surface area contributed by atoms with Gasteiger partial charge in [-0.2, -0.15) is 0 Å². The number of nitrogens with zero attached hydrogens (tertiary/aromatic N) is 3. The van der Waals surface area contributed by atoms with Gasteiger partial charge in [-0.25, -0.2) is 4.98 Å². The van der Waals surface area contributed by atoms with E-state index in [4.69, 9.17) is 0 Å². The van der Waals surface area contributed by atoms with Crippen LogP contribution < -0.4 is 10.9 Å². The van der Waals surface area contributed by atoms with Gasteiger partial charge in [-0.3, -0.25) is 24.3 Å². The topological polar surface area (TPSA) is 107 Å². The first-order chi connectivity index (χ1) is 12.4. The fourth-order valence-electron chi connectivity index (χ4n) is 2.31. The van der Waals surface area contributed by atoms with E-state index in [0.29, 0.717) is 26.6 Å². The molecule has 0 aliphatic heterocycles. The second-order valence-electron chi connectivity index (χ2n) is 5.49. The van der Waals surface area contributed by atoms with Gasteiger partial charge in [0.15, 0.2) is 5.16 Å². The zero-order valence-electron chi connectivity index (χ0n) is 13.9. The molecule has 0 atom stereocenters. The van der Waals surface area contributed by atoms with Crippen LogP contribution in [-0.2, 0) is 11.8 Å². The number of rotatable bonds is 5. The Bertz CT molecular complexity index is 1070. The Labute approximate surface area is 156 Å².